The maximum absolute atomic E-state index is 14.4. The number of halogens is 1. The van der Waals surface area contributed by atoms with Crippen LogP contribution in [0.1, 0.15) is 40.0 Å². The van der Waals surface area contributed by atoms with E-state index >= 15 is 0 Å². The summed E-state index contributed by atoms with van der Waals surface area (Å²) in [7, 11) is 0. The molecule has 2 atom stereocenters. The van der Waals surface area contributed by atoms with Crippen molar-refractivity contribution in [2.24, 2.45) is 0 Å². The molecule has 1 amide bonds. The van der Waals surface area contributed by atoms with Crippen LogP contribution in [0.5, 0.6) is 0 Å². The van der Waals surface area contributed by atoms with Crippen LogP contribution in [-0.4, -0.2) is 65.7 Å². The van der Waals surface area contributed by atoms with Crippen molar-refractivity contribution in [1.82, 2.24) is 9.80 Å². The fourth-order valence-electron chi connectivity index (χ4n) is 2.90. The average molecular weight is 300 g/mol. The van der Waals surface area contributed by atoms with Crippen LogP contribution in [0.25, 0.3) is 0 Å². The molecule has 2 aliphatic rings. The van der Waals surface area contributed by atoms with Gasteiger partial charge in [-0.15, -0.1) is 0 Å². The van der Waals surface area contributed by atoms with E-state index in [0.29, 0.717) is 38.9 Å². The van der Waals surface area contributed by atoms with E-state index < -0.39 is 17.9 Å². The monoisotopic (exact) mass is 300 g/mol. The number of nitrogens with zero attached hydrogens (tertiary/aromatic N) is 2. The van der Waals surface area contributed by atoms with Crippen molar-refractivity contribution in [2.45, 2.75) is 57.8 Å². The Kier molecular flexibility index (Phi) is 4.86. The zero-order chi connectivity index (χ0) is 15.6. The van der Waals surface area contributed by atoms with Crippen molar-refractivity contribution in [3.05, 3.63) is 0 Å². The highest BCUT2D eigenvalue weighted by molar-refractivity contribution is 5.79. The number of hydrogen-bond donors (Lipinski definition) is 0. The Hall–Kier alpha value is -1.17. The second kappa shape index (κ2) is 6.30. The van der Waals surface area contributed by atoms with E-state index in [-0.39, 0.29) is 18.4 Å². The highest BCUT2D eigenvalue weighted by atomic mass is 19.1. The lowest BCUT2D eigenvalue weighted by Gasteiger charge is -2.41. The van der Waals surface area contributed by atoms with E-state index in [1.165, 1.54) is 4.90 Å². The summed E-state index contributed by atoms with van der Waals surface area (Å²) in [6.07, 6.45) is 0.0870. The van der Waals surface area contributed by atoms with E-state index in [9.17, 15) is 14.0 Å². The molecule has 5 nitrogen and oxygen atoms in total. The molecule has 2 aliphatic heterocycles. The lowest BCUT2D eigenvalue weighted by molar-refractivity contribution is -0.122. The summed E-state index contributed by atoms with van der Waals surface area (Å²) in [5.74, 6) is 0.257. The van der Waals surface area contributed by atoms with Gasteiger partial charge in [0, 0.05) is 38.5 Å². The molecule has 120 valence electrons. The van der Waals surface area contributed by atoms with Crippen molar-refractivity contribution >= 4 is 11.9 Å². The molecule has 0 spiro atoms. The molecule has 0 saturated carbocycles. The largest absolute Gasteiger partial charge is 0.444 e. The second-order valence-electron chi connectivity index (χ2n) is 6.87. The molecule has 0 N–H and O–H groups in total. The van der Waals surface area contributed by atoms with Crippen LogP contribution in [-0.2, 0) is 9.53 Å². The number of ether oxygens (including phenoxy) is 1. The molecule has 0 aromatic rings. The number of hydrogen-bond acceptors (Lipinski definition) is 4. The van der Waals surface area contributed by atoms with Gasteiger partial charge in [-0.1, -0.05) is 0 Å². The van der Waals surface area contributed by atoms with Gasteiger partial charge in [-0.05, 0) is 27.2 Å². The van der Waals surface area contributed by atoms with Gasteiger partial charge < -0.3 is 9.64 Å². The van der Waals surface area contributed by atoms with Crippen LogP contribution in [0.15, 0.2) is 0 Å². The van der Waals surface area contributed by atoms with Crippen LogP contribution < -0.4 is 0 Å². The highest BCUT2D eigenvalue weighted by Gasteiger charge is 2.37. The zero-order valence-corrected chi connectivity index (χ0v) is 13.1. The van der Waals surface area contributed by atoms with Crippen LogP contribution >= 0.6 is 0 Å². The zero-order valence-electron chi connectivity index (χ0n) is 13.1. The summed E-state index contributed by atoms with van der Waals surface area (Å²) in [6, 6.07) is -0.184. The molecule has 0 bridgehead atoms. The van der Waals surface area contributed by atoms with Gasteiger partial charge in [0.15, 0.2) is 0 Å². The summed E-state index contributed by atoms with van der Waals surface area (Å²) < 4.78 is 19.7. The van der Waals surface area contributed by atoms with E-state index in [0.717, 1.165) is 0 Å². The third-order valence-corrected chi connectivity index (χ3v) is 3.98. The fraction of sp³-hybridized carbons (Fsp3) is 0.867. The number of piperidine rings is 2. The summed E-state index contributed by atoms with van der Waals surface area (Å²) in [5.41, 5.74) is -0.563. The molecule has 2 fully saturated rings. The Morgan fingerprint density at radius 1 is 1.24 bits per heavy atom. The molecule has 0 aliphatic carbocycles. The minimum atomic E-state index is -1.08. The first-order valence-electron chi connectivity index (χ1n) is 7.64. The Balaban J connectivity index is 1.87. The van der Waals surface area contributed by atoms with Crippen molar-refractivity contribution in [3.63, 3.8) is 0 Å². The number of rotatable bonds is 1. The lowest BCUT2D eigenvalue weighted by atomic mass is 9.98. The molecular formula is C15H25FN2O3. The van der Waals surface area contributed by atoms with E-state index in [1.54, 1.807) is 20.8 Å². The normalized spacial score (nSPS) is 28.6. The second-order valence-corrected chi connectivity index (χ2v) is 6.87. The summed E-state index contributed by atoms with van der Waals surface area (Å²) >= 11 is 0. The lowest BCUT2D eigenvalue weighted by Crippen LogP contribution is -2.56. The number of ketones is 1. The predicted molar refractivity (Wildman–Crippen MR) is 76.9 cm³/mol. The summed E-state index contributed by atoms with van der Waals surface area (Å²) in [6.45, 7) is 7.25. The molecule has 21 heavy (non-hydrogen) atoms. The summed E-state index contributed by atoms with van der Waals surface area (Å²) in [4.78, 5) is 26.7. The van der Waals surface area contributed by atoms with Crippen LogP contribution in [0.2, 0.25) is 0 Å². The minimum absolute atomic E-state index is 0.0734. The Bertz CT molecular complexity index is 398. The highest BCUT2D eigenvalue weighted by Crippen LogP contribution is 2.23. The maximum Gasteiger partial charge on any atom is 0.410 e. The standard InChI is InChI=1S/C15H25FN2O3/c1-15(2,3)21-14(20)18-9-6-13(12(16)10-18)17-7-4-11(19)5-8-17/h12-13H,4-10H2,1-3H3. The van der Waals surface area contributed by atoms with Crippen LogP contribution in [0.4, 0.5) is 9.18 Å². The van der Waals surface area contributed by atoms with Gasteiger partial charge >= 0.3 is 6.09 Å². The Labute approximate surface area is 125 Å². The summed E-state index contributed by atoms with van der Waals surface area (Å²) in [5, 5.41) is 0. The molecule has 6 heteroatoms. The van der Waals surface area contributed by atoms with Gasteiger partial charge in [0.1, 0.15) is 17.6 Å². The fourth-order valence-corrected chi connectivity index (χ4v) is 2.90. The third kappa shape index (κ3) is 4.40. The van der Waals surface area contributed by atoms with Gasteiger partial charge in [-0.25, -0.2) is 9.18 Å². The van der Waals surface area contributed by atoms with Crippen molar-refractivity contribution in [3.8, 4) is 0 Å². The number of likely N-dealkylation sites (tertiary alicyclic amines) is 2. The van der Waals surface area contributed by atoms with Crippen molar-refractivity contribution < 1.29 is 18.7 Å². The molecular weight excluding hydrogens is 275 g/mol. The number of alkyl halides is 1. The molecule has 2 heterocycles. The number of carbonyl (C=O) groups is 2. The van der Waals surface area contributed by atoms with Gasteiger partial charge in [-0.2, -0.15) is 0 Å². The Morgan fingerprint density at radius 3 is 2.38 bits per heavy atom. The Morgan fingerprint density at radius 2 is 1.86 bits per heavy atom. The SMILES string of the molecule is CC(C)(C)OC(=O)N1CCC(N2CCC(=O)CC2)C(F)C1. The van der Waals surface area contributed by atoms with Crippen molar-refractivity contribution in [2.75, 3.05) is 26.2 Å². The topological polar surface area (TPSA) is 49.9 Å². The smallest absolute Gasteiger partial charge is 0.410 e. The molecule has 2 rings (SSSR count). The van der Waals surface area contributed by atoms with Gasteiger partial charge in [0.25, 0.3) is 0 Å². The quantitative estimate of drug-likeness (QED) is 0.743. The van der Waals surface area contributed by atoms with Gasteiger partial charge in [0.05, 0.1) is 6.54 Å². The van der Waals surface area contributed by atoms with E-state index in [1.807, 2.05) is 0 Å². The predicted octanol–water partition coefficient (Wildman–Crippen LogP) is 2.00. The van der Waals surface area contributed by atoms with Crippen molar-refractivity contribution in [1.29, 1.82) is 0 Å². The first-order chi connectivity index (χ1) is 9.76. The maximum atomic E-state index is 14.4. The molecule has 0 aromatic carbocycles. The van der Waals surface area contributed by atoms with E-state index in [4.69, 9.17) is 4.74 Å². The van der Waals surface area contributed by atoms with Crippen LogP contribution in [0, 0.1) is 0 Å². The average Bonchev–Trinajstić information content (AvgIpc) is 2.38. The number of carbonyl (C=O) groups excluding carboxylic acids is 2. The van der Waals surface area contributed by atoms with E-state index in [2.05, 4.69) is 4.90 Å². The molecule has 0 radical (unpaired) electrons. The first-order valence-corrected chi connectivity index (χ1v) is 7.64. The number of Topliss-reactive ketones (excluding diaryl/α,β-unsaturated/α-hetero) is 1. The third-order valence-electron chi connectivity index (χ3n) is 3.98. The van der Waals surface area contributed by atoms with Gasteiger partial charge in [0.2, 0.25) is 0 Å². The molecule has 0 aromatic heterocycles. The molecule has 2 saturated heterocycles. The van der Waals surface area contributed by atoms with Crippen LogP contribution in [0.3, 0.4) is 0 Å². The number of amides is 1. The van der Waals surface area contributed by atoms with Gasteiger partial charge in [-0.3, -0.25) is 9.69 Å². The molecule has 2 unspecified atom stereocenters. The minimum Gasteiger partial charge on any atom is -0.444 e. The first kappa shape index (κ1) is 16.2.